The molecule has 0 heterocycles. The van der Waals surface area contributed by atoms with Crippen molar-refractivity contribution in [2.75, 3.05) is 39.2 Å². The Bertz CT molecular complexity index is 769. The van der Waals surface area contributed by atoms with Gasteiger partial charge in [-0.1, -0.05) is 46.8 Å². The highest BCUT2D eigenvalue weighted by molar-refractivity contribution is 5.62. The molecule has 0 aliphatic heterocycles. The Morgan fingerprint density at radius 2 is 1.28 bits per heavy atom. The Hall–Kier alpha value is -2.20. The lowest BCUT2D eigenvalue weighted by Gasteiger charge is -2.28. The average molecular weight is 399 g/mol. The molecule has 4 heteroatoms. The van der Waals surface area contributed by atoms with Crippen molar-refractivity contribution in [3.63, 3.8) is 0 Å². The van der Waals surface area contributed by atoms with Gasteiger partial charge in [0.05, 0.1) is 13.2 Å². The Kier molecular flexibility index (Phi) is 7.97. The predicted octanol–water partition coefficient (Wildman–Crippen LogP) is 6.21. The van der Waals surface area contributed by atoms with Crippen LogP contribution in [0.3, 0.4) is 0 Å². The fraction of sp³-hybridized carbons (Fsp3) is 0.520. The van der Waals surface area contributed by atoms with Crippen LogP contribution in [0.1, 0.15) is 41.0 Å². The van der Waals surface area contributed by atoms with Crippen molar-refractivity contribution in [1.29, 1.82) is 0 Å². The predicted molar refractivity (Wildman–Crippen MR) is 124 cm³/mol. The van der Waals surface area contributed by atoms with Crippen molar-refractivity contribution >= 4 is 11.4 Å². The fourth-order valence-corrected chi connectivity index (χ4v) is 3.06. The van der Waals surface area contributed by atoms with Gasteiger partial charge >= 0.3 is 0 Å². The van der Waals surface area contributed by atoms with E-state index >= 15 is 0 Å². The van der Waals surface area contributed by atoms with E-state index < -0.39 is 0 Å². The first kappa shape index (κ1) is 23.1. The smallest absolute Gasteiger partial charge is 0.121 e. The number of hydrogen-bond donors (Lipinski definition) is 1. The molecule has 0 aromatic heterocycles. The van der Waals surface area contributed by atoms with E-state index in [2.05, 4.69) is 58.9 Å². The standard InChI is InChI=1S/C25H38N2O2/c1-8-24(2,3)18-28-22-13-9-11-20(15-22)26-21-12-10-14-23(16-21)29-19-25(4,5)17-27(6)7/h9-16,26H,8,17-19H2,1-7H3. The van der Waals surface area contributed by atoms with Gasteiger partial charge < -0.3 is 19.7 Å². The van der Waals surface area contributed by atoms with Crippen molar-refractivity contribution < 1.29 is 9.47 Å². The van der Waals surface area contributed by atoms with E-state index in [0.717, 1.165) is 35.8 Å². The maximum absolute atomic E-state index is 6.07. The summed E-state index contributed by atoms with van der Waals surface area (Å²) in [4.78, 5) is 2.19. The summed E-state index contributed by atoms with van der Waals surface area (Å²) in [6, 6.07) is 16.2. The molecule has 0 bridgehead atoms. The van der Waals surface area contributed by atoms with Crippen LogP contribution in [0.5, 0.6) is 11.5 Å². The van der Waals surface area contributed by atoms with Crippen LogP contribution in [-0.2, 0) is 0 Å². The maximum atomic E-state index is 6.07. The summed E-state index contributed by atoms with van der Waals surface area (Å²) >= 11 is 0. The molecule has 0 saturated heterocycles. The van der Waals surface area contributed by atoms with Gasteiger partial charge in [0, 0.05) is 35.5 Å². The summed E-state index contributed by atoms with van der Waals surface area (Å²) in [6.45, 7) is 13.4. The highest BCUT2D eigenvalue weighted by atomic mass is 16.5. The van der Waals surface area contributed by atoms with E-state index in [0.29, 0.717) is 13.2 Å². The van der Waals surface area contributed by atoms with E-state index in [1.165, 1.54) is 0 Å². The molecule has 29 heavy (non-hydrogen) atoms. The van der Waals surface area contributed by atoms with Gasteiger partial charge in [-0.05, 0) is 50.2 Å². The Labute approximate surface area is 177 Å². The normalized spacial score (nSPS) is 12.1. The highest BCUT2D eigenvalue weighted by Gasteiger charge is 2.20. The molecule has 4 nitrogen and oxygen atoms in total. The zero-order valence-corrected chi connectivity index (χ0v) is 19.2. The van der Waals surface area contributed by atoms with Gasteiger partial charge in [0.15, 0.2) is 0 Å². The average Bonchev–Trinajstić information content (AvgIpc) is 2.65. The van der Waals surface area contributed by atoms with Gasteiger partial charge in [-0.25, -0.2) is 0 Å². The second-order valence-corrected chi connectivity index (χ2v) is 9.68. The fourth-order valence-electron chi connectivity index (χ4n) is 3.06. The minimum Gasteiger partial charge on any atom is -0.493 e. The number of hydrogen-bond acceptors (Lipinski definition) is 4. The largest absolute Gasteiger partial charge is 0.493 e. The second-order valence-electron chi connectivity index (χ2n) is 9.68. The number of benzene rings is 2. The van der Waals surface area contributed by atoms with E-state index in [-0.39, 0.29) is 10.8 Å². The molecule has 0 radical (unpaired) electrons. The van der Waals surface area contributed by atoms with Gasteiger partial charge in [0.1, 0.15) is 11.5 Å². The van der Waals surface area contributed by atoms with Crippen molar-refractivity contribution in [2.45, 2.75) is 41.0 Å². The summed E-state index contributed by atoms with van der Waals surface area (Å²) in [5, 5.41) is 3.46. The van der Waals surface area contributed by atoms with Crippen molar-refractivity contribution in [3.8, 4) is 11.5 Å². The van der Waals surface area contributed by atoms with Crippen molar-refractivity contribution in [3.05, 3.63) is 48.5 Å². The van der Waals surface area contributed by atoms with Gasteiger partial charge in [-0.2, -0.15) is 0 Å². The molecule has 0 saturated carbocycles. The number of anilines is 2. The van der Waals surface area contributed by atoms with Gasteiger partial charge in [0.25, 0.3) is 0 Å². The third-order valence-corrected chi connectivity index (χ3v) is 4.92. The van der Waals surface area contributed by atoms with Crippen LogP contribution in [0.2, 0.25) is 0 Å². The molecule has 0 spiro atoms. The molecule has 1 N–H and O–H groups in total. The SMILES string of the molecule is CCC(C)(C)COc1cccc(Nc2cccc(OCC(C)(C)CN(C)C)c2)c1. The van der Waals surface area contributed by atoms with Crippen LogP contribution < -0.4 is 14.8 Å². The third kappa shape index (κ3) is 8.36. The minimum atomic E-state index is 0.0882. The summed E-state index contributed by atoms with van der Waals surface area (Å²) in [7, 11) is 4.18. The van der Waals surface area contributed by atoms with Crippen LogP contribution in [-0.4, -0.2) is 38.8 Å². The molecule has 0 aliphatic carbocycles. The monoisotopic (exact) mass is 398 g/mol. The minimum absolute atomic E-state index is 0.0882. The van der Waals surface area contributed by atoms with Crippen LogP contribution in [0.25, 0.3) is 0 Å². The lowest BCUT2D eigenvalue weighted by Crippen LogP contribution is -2.33. The molecule has 2 aromatic carbocycles. The summed E-state index contributed by atoms with van der Waals surface area (Å²) < 4.78 is 12.1. The molecule has 2 rings (SSSR count). The van der Waals surface area contributed by atoms with Crippen LogP contribution in [0.15, 0.2) is 48.5 Å². The summed E-state index contributed by atoms with van der Waals surface area (Å²) in [6.07, 6.45) is 1.09. The molecule has 2 aromatic rings. The van der Waals surface area contributed by atoms with E-state index in [4.69, 9.17) is 9.47 Å². The van der Waals surface area contributed by atoms with E-state index in [1.54, 1.807) is 0 Å². The quantitative estimate of drug-likeness (QED) is 0.488. The molecule has 0 atom stereocenters. The van der Waals surface area contributed by atoms with E-state index in [9.17, 15) is 0 Å². The third-order valence-electron chi connectivity index (χ3n) is 4.92. The number of ether oxygens (including phenoxy) is 2. The van der Waals surface area contributed by atoms with Gasteiger partial charge in [-0.15, -0.1) is 0 Å². The number of rotatable bonds is 11. The molecule has 160 valence electrons. The molecular formula is C25H38N2O2. The highest BCUT2D eigenvalue weighted by Crippen LogP contribution is 2.27. The zero-order chi connectivity index (χ0) is 21.5. The topological polar surface area (TPSA) is 33.7 Å². The molecule has 0 unspecified atom stereocenters. The van der Waals surface area contributed by atoms with Gasteiger partial charge in [-0.3, -0.25) is 0 Å². The molecule has 0 aliphatic rings. The molecular weight excluding hydrogens is 360 g/mol. The molecule has 0 fully saturated rings. The maximum Gasteiger partial charge on any atom is 0.121 e. The second kappa shape index (κ2) is 10.0. The Morgan fingerprint density at radius 1 is 0.793 bits per heavy atom. The van der Waals surface area contributed by atoms with Crippen LogP contribution >= 0.6 is 0 Å². The first-order valence-corrected chi connectivity index (χ1v) is 10.5. The number of nitrogens with one attached hydrogen (secondary N) is 1. The number of nitrogens with zero attached hydrogens (tertiary/aromatic N) is 1. The van der Waals surface area contributed by atoms with Gasteiger partial charge in [0.2, 0.25) is 0 Å². The lowest BCUT2D eigenvalue weighted by molar-refractivity contribution is 0.141. The molecule has 0 amide bonds. The first-order valence-electron chi connectivity index (χ1n) is 10.5. The summed E-state index contributed by atoms with van der Waals surface area (Å²) in [5.41, 5.74) is 2.27. The van der Waals surface area contributed by atoms with Crippen molar-refractivity contribution in [2.24, 2.45) is 10.8 Å². The first-order chi connectivity index (χ1) is 13.6. The summed E-state index contributed by atoms with van der Waals surface area (Å²) in [5.74, 6) is 1.76. The Balaban J connectivity index is 1.99. The van der Waals surface area contributed by atoms with Crippen LogP contribution in [0, 0.1) is 10.8 Å². The van der Waals surface area contributed by atoms with E-state index in [1.807, 2.05) is 48.5 Å². The zero-order valence-electron chi connectivity index (χ0n) is 19.2. The lowest BCUT2D eigenvalue weighted by atomic mass is 9.92. The van der Waals surface area contributed by atoms with Crippen molar-refractivity contribution in [1.82, 2.24) is 4.90 Å². The Morgan fingerprint density at radius 3 is 1.72 bits per heavy atom. The van der Waals surface area contributed by atoms with Crippen LogP contribution in [0.4, 0.5) is 11.4 Å².